The van der Waals surface area contributed by atoms with E-state index in [0.717, 1.165) is 4.90 Å². The number of likely N-dealkylation sites (N-methyl/N-ethyl adjacent to an activating group) is 1. The Balaban J connectivity index is 2.05. The number of carbonyl (C=O) groups is 3. The normalized spacial score (nSPS) is 18.3. The molecule has 2 atom stereocenters. The van der Waals surface area contributed by atoms with E-state index in [2.05, 4.69) is 10.3 Å². The van der Waals surface area contributed by atoms with Gasteiger partial charge in [-0.05, 0) is 38.1 Å². The molecule has 2 N–H and O–H groups in total. The molecule has 0 saturated heterocycles. The predicted molar refractivity (Wildman–Crippen MR) is 119 cm³/mol. The summed E-state index contributed by atoms with van der Waals surface area (Å²) in [5.41, 5.74) is 1.03. The molecule has 3 rings (SSSR count). The summed E-state index contributed by atoms with van der Waals surface area (Å²) >= 11 is 0. The van der Waals surface area contributed by atoms with Crippen molar-refractivity contribution in [3.63, 3.8) is 0 Å². The maximum atomic E-state index is 13.3. The van der Waals surface area contributed by atoms with E-state index in [1.165, 1.54) is 7.05 Å². The lowest BCUT2D eigenvalue weighted by atomic mass is 9.98. The Hall–Kier alpha value is -3.62. The quantitative estimate of drug-likeness (QED) is 0.739. The Kier molecular flexibility index (Phi) is 6.97. The molecule has 9 nitrogen and oxygen atoms in total. The van der Waals surface area contributed by atoms with Crippen LogP contribution in [0.2, 0.25) is 0 Å². The molecule has 0 saturated carbocycles. The van der Waals surface area contributed by atoms with E-state index in [1.807, 2.05) is 20.8 Å². The number of carbonyl (C=O) groups excluding carboxylic acids is 2. The summed E-state index contributed by atoms with van der Waals surface area (Å²) in [6.07, 6.45) is 1.49. The van der Waals surface area contributed by atoms with Crippen LogP contribution in [0.4, 0.5) is 10.5 Å². The number of hydrogen-bond acceptors (Lipinski definition) is 5. The predicted octanol–water partition coefficient (Wildman–Crippen LogP) is 3.19. The van der Waals surface area contributed by atoms with E-state index in [1.54, 1.807) is 47.6 Å². The zero-order chi connectivity index (χ0) is 23.4. The Labute approximate surface area is 187 Å². The van der Waals surface area contributed by atoms with Crippen molar-refractivity contribution < 1.29 is 24.2 Å². The van der Waals surface area contributed by atoms with Crippen LogP contribution in [0.25, 0.3) is 0 Å². The third-order valence-corrected chi connectivity index (χ3v) is 5.48. The van der Waals surface area contributed by atoms with Gasteiger partial charge in [-0.3, -0.25) is 14.6 Å². The fourth-order valence-electron chi connectivity index (χ4n) is 3.59. The maximum Gasteiger partial charge on any atom is 0.407 e. The first-order valence-electron chi connectivity index (χ1n) is 10.4. The van der Waals surface area contributed by atoms with Gasteiger partial charge >= 0.3 is 6.09 Å². The van der Waals surface area contributed by atoms with Gasteiger partial charge in [0.25, 0.3) is 11.8 Å². The lowest BCUT2D eigenvalue weighted by Crippen LogP contribution is -2.49. The third kappa shape index (κ3) is 4.99. The van der Waals surface area contributed by atoms with Crippen molar-refractivity contribution in [2.75, 3.05) is 25.5 Å². The second kappa shape index (κ2) is 9.67. The van der Waals surface area contributed by atoms with E-state index >= 15 is 0 Å². The number of para-hydroxylation sites is 1. The number of amides is 3. The first kappa shape index (κ1) is 23.1. The van der Waals surface area contributed by atoms with Crippen molar-refractivity contribution in [3.05, 3.63) is 53.9 Å². The zero-order valence-corrected chi connectivity index (χ0v) is 18.6. The van der Waals surface area contributed by atoms with Crippen LogP contribution >= 0.6 is 0 Å². The molecule has 0 bridgehead atoms. The highest BCUT2D eigenvalue weighted by molar-refractivity contribution is 6.09. The second-order valence-electron chi connectivity index (χ2n) is 8.22. The summed E-state index contributed by atoms with van der Waals surface area (Å²) in [4.78, 5) is 44.7. The number of carboxylic acid groups (broad SMARTS) is 1. The number of rotatable bonds is 5. The lowest BCUT2D eigenvalue weighted by Gasteiger charge is -2.37. The molecule has 1 aromatic heterocycles. The average Bonchev–Trinajstić information content (AvgIpc) is 2.75. The van der Waals surface area contributed by atoms with Crippen molar-refractivity contribution >= 4 is 23.6 Å². The summed E-state index contributed by atoms with van der Waals surface area (Å²) in [5.74, 6) is -0.682. The third-order valence-electron chi connectivity index (χ3n) is 5.48. The van der Waals surface area contributed by atoms with Gasteiger partial charge in [-0.2, -0.15) is 0 Å². The Morgan fingerprint density at radius 3 is 2.59 bits per heavy atom. The van der Waals surface area contributed by atoms with Gasteiger partial charge in [0.1, 0.15) is 11.9 Å². The summed E-state index contributed by atoms with van der Waals surface area (Å²) in [5, 5.41) is 12.1. The van der Waals surface area contributed by atoms with Gasteiger partial charge in [0.2, 0.25) is 0 Å². The molecule has 0 radical (unpaired) electrons. The summed E-state index contributed by atoms with van der Waals surface area (Å²) in [6.45, 7) is 6.25. The number of nitrogens with one attached hydrogen (secondary N) is 1. The van der Waals surface area contributed by atoms with Crippen molar-refractivity contribution in [1.29, 1.82) is 0 Å². The Morgan fingerprint density at radius 2 is 1.97 bits per heavy atom. The van der Waals surface area contributed by atoms with Crippen LogP contribution in [0.5, 0.6) is 5.75 Å². The van der Waals surface area contributed by atoms with Gasteiger partial charge in [-0.15, -0.1) is 0 Å². The van der Waals surface area contributed by atoms with Gasteiger partial charge in [0.15, 0.2) is 0 Å². The van der Waals surface area contributed by atoms with Crippen LogP contribution in [0.3, 0.4) is 0 Å². The van der Waals surface area contributed by atoms with E-state index in [9.17, 15) is 19.5 Å². The monoisotopic (exact) mass is 440 g/mol. The first-order chi connectivity index (χ1) is 15.2. The molecule has 170 valence electrons. The molecule has 0 fully saturated rings. The molecule has 1 aliphatic rings. The van der Waals surface area contributed by atoms with Crippen molar-refractivity contribution in [2.45, 2.75) is 32.9 Å². The van der Waals surface area contributed by atoms with Crippen LogP contribution in [0.15, 0.2) is 42.7 Å². The molecule has 0 spiro atoms. The van der Waals surface area contributed by atoms with Gasteiger partial charge in [0, 0.05) is 43.6 Å². The van der Waals surface area contributed by atoms with Gasteiger partial charge in [0.05, 0.1) is 17.7 Å². The second-order valence-corrected chi connectivity index (χ2v) is 8.22. The topological polar surface area (TPSA) is 112 Å². The van der Waals surface area contributed by atoms with E-state index in [0.29, 0.717) is 12.2 Å². The highest BCUT2D eigenvalue weighted by Gasteiger charge is 2.35. The number of fused-ring (bicyclic) bond motifs is 1. The maximum absolute atomic E-state index is 13.3. The largest absolute Gasteiger partial charge is 0.487 e. The molecule has 0 aliphatic carbocycles. The minimum Gasteiger partial charge on any atom is -0.487 e. The fraction of sp³-hybridized carbons (Fsp3) is 0.391. The van der Waals surface area contributed by atoms with Gasteiger partial charge in [-0.25, -0.2) is 4.79 Å². The summed E-state index contributed by atoms with van der Waals surface area (Å²) < 4.78 is 6.23. The lowest BCUT2D eigenvalue weighted by molar-refractivity contribution is 0.0431. The molecule has 2 heterocycles. The highest BCUT2D eigenvalue weighted by Crippen LogP contribution is 2.32. The smallest absolute Gasteiger partial charge is 0.407 e. The number of aromatic nitrogens is 1. The van der Waals surface area contributed by atoms with Gasteiger partial charge < -0.3 is 25.0 Å². The van der Waals surface area contributed by atoms with Crippen LogP contribution in [-0.4, -0.2) is 70.1 Å². The number of anilines is 1. The summed E-state index contributed by atoms with van der Waals surface area (Å²) in [7, 11) is 1.46. The molecule has 9 heteroatoms. The molecular weight excluding hydrogens is 412 g/mol. The minimum absolute atomic E-state index is 0.0805. The highest BCUT2D eigenvalue weighted by atomic mass is 16.5. The van der Waals surface area contributed by atoms with E-state index in [4.69, 9.17) is 4.74 Å². The van der Waals surface area contributed by atoms with E-state index in [-0.39, 0.29) is 41.3 Å². The van der Waals surface area contributed by atoms with Gasteiger partial charge in [-0.1, -0.05) is 13.0 Å². The average molecular weight is 441 g/mol. The molecule has 0 unspecified atom stereocenters. The standard InChI is InChI=1S/C23H28N4O5/c1-14(2)27-12-15(3)19(13-26(4)23(30)31)32-20-17(6-5-7-18(20)22(27)29)21(28)25-16-8-10-24-11-9-16/h5-11,14-15,19H,12-13H2,1-4H3,(H,30,31)(H,24,25,28)/t15-,19+/m0/s1. The minimum atomic E-state index is -1.08. The number of ether oxygens (including phenoxy) is 1. The van der Waals surface area contributed by atoms with E-state index < -0.39 is 18.1 Å². The molecular formula is C23H28N4O5. The zero-order valence-electron chi connectivity index (χ0n) is 18.6. The van der Waals surface area contributed by atoms with Crippen molar-refractivity contribution in [3.8, 4) is 5.75 Å². The van der Waals surface area contributed by atoms with Crippen molar-refractivity contribution in [1.82, 2.24) is 14.8 Å². The molecule has 32 heavy (non-hydrogen) atoms. The fourth-order valence-corrected chi connectivity index (χ4v) is 3.59. The number of benzene rings is 1. The first-order valence-corrected chi connectivity index (χ1v) is 10.4. The van der Waals surface area contributed by atoms with Crippen LogP contribution < -0.4 is 10.1 Å². The number of nitrogens with zero attached hydrogens (tertiary/aromatic N) is 3. The molecule has 1 aliphatic heterocycles. The Morgan fingerprint density at radius 1 is 1.28 bits per heavy atom. The molecule has 3 amide bonds. The molecule has 2 aromatic rings. The Bertz CT molecular complexity index is 995. The SMILES string of the molecule is CC(C)N1C[C@H](C)[C@@H](CN(C)C(=O)O)Oc2c(C(=O)Nc3ccncc3)cccc2C1=O. The van der Waals surface area contributed by atoms with Crippen LogP contribution in [-0.2, 0) is 0 Å². The van der Waals surface area contributed by atoms with Crippen LogP contribution in [0.1, 0.15) is 41.5 Å². The van der Waals surface area contributed by atoms with Crippen LogP contribution in [0, 0.1) is 5.92 Å². The molecule has 1 aromatic carbocycles. The number of hydrogen-bond donors (Lipinski definition) is 2. The van der Waals surface area contributed by atoms with Crippen molar-refractivity contribution in [2.24, 2.45) is 5.92 Å². The number of pyridine rings is 1. The summed E-state index contributed by atoms with van der Waals surface area (Å²) in [6, 6.07) is 8.09.